The predicted octanol–water partition coefficient (Wildman–Crippen LogP) is 5.10. The van der Waals surface area contributed by atoms with Gasteiger partial charge >= 0.3 is 0 Å². The van der Waals surface area contributed by atoms with Crippen LogP contribution in [0.5, 0.6) is 0 Å². The average molecular weight is 463 g/mol. The Hall–Kier alpha value is -1.58. The van der Waals surface area contributed by atoms with Gasteiger partial charge in [-0.2, -0.15) is 0 Å². The highest BCUT2D eigenvalue weighted by Gasteiger charge is 2.61. The van der Waals surface area contributed by atoms with Crippen molar-refractivity contribution in [2.45, 2.75) is 83.6 Å². The van der Waals surface area contributed by atoms with Gasteiger partial charge in [0.05, 0.1) is 0 Å². The second kappa shape index (κ2) is 7.01. The van der Waals surface area contributed by atoms with Crippen LogP contribution in [-0.4, -0.2) is 35.7 Å². The van der Waals surface area contributed by atoms with E-state index in [1.54, 1.807) is 6.08 Å². The van der Waals surface area contributed by atoms with Gasteiger partial charge in [-0.1, -0.05) is 19.9 Å². The van der Waals surface area contributed by atoms with Crippen LogP contribution in [0.25, 0.3) is 0 Å². The lowest BCUT2D eigenvalue weighted by molar-refractivity contribution is -0.138. The zero-order valence-electron chi connectivity index (χ0n) is 21.3. The predicted molar refractivity (Wildman–Crippen MR) is 133 cm³/mol. The van der Waals surface area contributed by atoms with E-state index < -0.39 is 0 Å². The first-order valence-electron chi connectivity index (χ1n) is 14.2. The molecule has 8 rings (SSSR count). The molecule has 184 valence electrons. The highest BCUT2D eigenvalue weighted by atomic mass is 16.2. The van der Waals surface area contributed by atoms with Gasteiger partial charge in [-0.05, 0) is 111 Å². The minimum absolute atomic E-state index is 0.0492. The molecule has 4 heteroatoms. The summed E-state index contributed by atoms with van der Waals surface area (Å²) in [4.78, 5) is 28.5. The van der Waals surface area contributed by atoms with E-state index >= 15 is 0 Å². The molecule has 4 nitrogen and oxygen atoms in total. The number of rotatable bonds is 2. The molecule has 1 N–H and O–H groups in total. The van der Waals surface area contributed by atoms with Gasteiger partial charge in [0.2, 0.25) is 5.91 Å². The summed E-state index contributed by atoms with van der Waals surface area (Å²) < 4.78 is 0. The lowest BCUT2D eigenvalue weighted by Crippen LogP contribution is -2.62. The molecule has 1 heterocycles. The van der Waals surface area contributed by atoms with Gasteiger partial charge in [0.15, 0.2) is 5.78 Å². The van der Waals surface area contributed by atoms with E-state index in [0.29, 0.717) is 23.7 Å². The number of fused-ring (bicyclic) bond motifs is 5. The molecule has 6 saturated carbocycles. The molecule has 34 heavy (non-hydrogen) atoms. The Morgan fingerprint density at radius 1 is 1.00 bits per heavy atom. The van der Waals surface area contributed by atoms with E-state index in [1.807, 2.05) is 6.08 Å². The number of likely N-dealkylation sites (tertiary alicyclic amines) is 1. The molecule has 0 aromatic carbocycles. The van der Waals surface area contributed by atoms with Crippen LogP contribution in [0.2, 0.25) is 0 Å². The Kier molecular flexibility index (Phi) is 4.47. The molecule has 6 atom stereocenters. The molecule has 8 aliphatic rings. The first kappa shape index (κ1) is 21.7. The summed E-state index contributed by atoms with van der Waals surface area (Å²) in [6, 6.07) is 0. The Morgan fingerprint density at radius 3 is 2.35 bits per heavy atom. The molecule has 7 aliphatic carbocycles. The Bertz CT molecular complexity index is 960. The van der Waals surface area contributed by atoms with Crippen molar-refractivity contribution >= 4 is 11.7 Å². The quantitative estimate of drug-likeness (QED) is 0.621. The van der Waals surface area contributed by atoms with Crippen molar-refractivity contribution < 1.29 is 9.59 Å². The van der Waals surface area contributed by atoms with E-state index in [1.165, 1.54) is 57.1 Å². The van der Waals surface area contributed by atoms with Crippen LogP contribution < -0.4 is 5.32 Å². The van der Waals surface area contributed by atoms with Gasteiger partial charge in [0.1, 0.15) is 0 Å². The van der Waals surface area contributed by atoms with Crippen molar-refractivity contribution in [1.29, 1.82) is 0 Å². The van der Waals surface area contributed by atoms with Crippen LogP contribution in [0.15, 0.2) is 23.9 Å². The number of ketones is 1. The summed E-state index contributed by atoms with van der Waals surface area (Å²) >= 11 is 0. The zero-order valence-corrected chi connectivity index (χ0v) is 21.3. The average Bonchev–Trinajstić information content (AvgIpc) is 3.11. The lowest BCUT2D eigenvalue weighted by Gasteiger charge is -2.59. The molecule has 1 unspecified atom stereocenters. The molecule has 7 fully saturated rings. The van der Waals surface area contributed by atoms with E-state index in [-0.39, 0.29) is 28.1 Å². The highest BCUT2D eigenvalue weighted by molar-refractivity contribution is 6.01. The monoisotopic (exact) mass is 462 g/mol. The van der Waals surface area contributed by atoms with Gasteiger partial charge in [-0.3, -0.25) is 9.59 Å². The number of carbonyl (C=O) groups is 2. The topological polar surface area (TPSA) is 49.4 Å². The largest absolute Gasteiger partial charge is 0.377 e. The fourth-order valence-corrected chi connectivity index (χ4v) is 11.3. The number of hydrogen-bond acceptors (Lipinski definition) is 3. The Morgan fingerprint density at radius 2 is 1.68 bits per heavy atom. The molecule has 1 amide bonds. The van der Waals surface area contributed by atoms with Crippen LogP contribution in [0.4, 0.5) is 0 Å². The molecule has 0 aromatic rings. The van der Waals surface area contributed by atoms with Gasteiger partial charge in [-0.25, -0.2) is 0 Å². The summed E-state index contributed by atoms with van der Waals surface area (Å²) in [6.45, 7) is 5.83. The van der Waals surface area contributed by atoms with Gasteiger partial charge in [0.25, 0.3) is 0 Å². The SMILES string of the molecule is CN1C[C@@H]2[C@@H](CC[C@]3(C)C(C(=O)NC45CC6CC(CC(C6)C4)C5)CC[C@@H]23)[C@@]2(C)C=CC(=O)C=C12. The third-order valence-electron chi connectivity index (χ3n) is 12.3. The number of amides is 1. The summed E-state index contributed by atoms with van der Waals surface area (Å²) in [5.41, 5.74) is 1.39. The van der Waals surface area contributed by atoms with Crippen molar-refractivity contribution in [3.63, 3.8) is 0 Å². The third-order valence-corrected chi connectivity index (χ3v) is 12.3. The fourth-order valence-electron chi connectivity index (χ4n) is 11.3. The second-order valence-electron chi connectivity index (χ2n) is 14.2. The normalized spacial score (nSPS) is 52.7. The molecule has 1 aliphatic heterocycles. The fraction of sp³-hybridized carbons (Fsp3) is 0.800. The number of allylic oxidation sites excluding steroid dienone is 3. The molecule has 1 saturated heterocycles. The van der Waals surface area contributed by atoms with E-state index in [9.17, 15) is 9.59 Å². The number of carbonyl (C=O) groups excluding carboxylic acids is 2. The van der Waals surface area contributed by atoms with Gasteiger partial charge in [0, 0.05) is 42.2 Å². The molecule has 0 aromatic heterocycles. The smallest absolute Gasteiger partial charge is 0.224 e. The number of nitrogens with zero attached hydrogens (tertiary/aromatic N) is 1. The Balaban J connectivity index is 1.13. The third kappa shape index (κ3) is 2.89. The van der Waals surface area contributed by atoms with Crippen molar-refractivity contribution in [2.24, 2.45) is 52.3 Å². The van der Waals surface area contributed by atoms with Crippen LogP contribution in [0.3, 0.4) is 0 Å². The van der Waals surface area contributed by atoms with Crippen molar-refractivity contribution in [3.05, 3.63) is 23.9 Å². The van der Waals surface area contributed by atoms with Gasteiger partial charge in [-0.15, -0.1) is 0 Å². The van der Waals surface area contributed by atoms with Crippen LogP contribution >= 0.6 is 0 Å². The summed E-state index contributed by atoms with van der Waals surface area (Å²) in [7, 11) is 2.17. The lowest BCUT2D eigenvalue weighted by atomic mass is 9.50. The summed E-state index contributed by atoms with van der Waals surface area (Å²) in [6.07, 6.45) is 18.4. The molecule has 0 radical (unpaired) electrons. The maximum Gasteiger partial charge on any atom is 0.224 e. The van der Waals surface area contributed by atoms with E-state index in [4.69, 9.17) is 0 Å². The maximum atomic E-state index is 14.0. The molecule has 4 bridgehead atoms. The van der Waals surface area contributed by atoms with Crippen molar-refractivity contribution in [2.75, 3.05) is 13.6 Å². The molecular formula is C30H42N2O2. The van der Waals surface area contributed by atoms with E-state index in [2.05, 4.69) is 37.2 Å². The van der Waals surface area contributed by atoms with Crippen molar-refractivity contribution in [1.82, 2.24) is 10.2 Å². The maximum absolute atomic E-state index is 14.0. The van der Waals surface area contributed by atoms with Crippen LogP contribution in [0, 0.1) is 52.3 Å². The minimum Gasteiger partial charge on any atom is -0.377 e. The van der Waals surface area contributed by atoms with Gasteiger partial charge < -0.3 is 10.2 Å². The van der Waals surface area contributed by atoms with Crippen molar-refractivity contribution in [3.8, 4) is 0 Å². The second-order valence-corrected chi connectivity index (χ2v) is 14.2. The first-order valence-corrected chi connectivity index (χ1v) is 14.2. The van der Waals surface area contributed by atoms with E-state index in [0.717, 1.165) is 37.1 Å². The molecular weight excluding hydrogens is 420 g/mol. The number of nitrogens with one attached hydrogen (secondary N) is 1. The first-order chi connectivity index (χ1) is 16.2. The summed E-state index contributed by atoms with van der Waals surface area (Å²) in [5, 5.41) is 3.76. The Labute approximate surface area is 205 Å². The minimum atomic E-state index is -0.0492. The standard InChI is InChI=1S/C30H42N2O2/c1-28-9-7-24-22(17-32(3)26-13-21(33)6-8-29(24,26)2)23(28)4-5-25(28)27(34)31-30-14-18-10-19(15-30)12-20(11-18)16-30/h6,8,13,18-20,22-25H,4-5,7,9-12,14-17H2,1-3H3,(H,31,34)/t18?,19?,20?,22-,23-,24+,25?,28-,29+,30?/m0/s1. The highest BCUT2D eigenvalue weighted by Crippen LogP contribution is 2.65. The number of piperidine rings is 1. The number of hydrogen-bond donors (Lipinski definition) is 1. The summed E-state index contributed by atoms with van der Waals surface area (Å²) in [5.74, 6) is 5.06. The molecule has 0 spiro atoms. The van der Waals surface area contributed by atoms with Crippen LogP contribution in [-0.2, 0) is 9.59 Å². The van der Waals surface area contributed by atoms with Crippen LogP contribution in [0.1, 0.15) is 78.1 Å². The zero-order chi connectivity index (χ0) is 23.5.